The molecule has 1 aliphatic rings. The lowest BCUT2D eigenvalue weighted by Crippen LogP contribution is -2.49. The molecule has 1 saturated heterocycles. The Kier molecular flexibility index (Phi) is 5.00. The van der Waals surface area contributed by atoms with Gasteiger partial charge in [0, 0.05) is 19.6 Å². The molecule has 1 amide bonds. The van der Waals surface area contributed by atoms with Crippen LogP contribution in [0, 0.1) is 19.8 Å². The minimum absolute atomic E-state index is 0.0159. The monoisotopic (exact) mass is 293 g/mol. The van der Waals surface area contributed by atoms with Gasteiger partial charge in [-0.2, -0.15) is 5.10 Å². The molecule has 118 valence electrons. The van der Waals surface area contributed by atoms with Crippen molar-refractivity contribution < 1.29 is 4.79 Å². The van der Waals surface area contributed by atoms with Crippen LogP contribution in [0.1, 0.15) is 31.2 Å². The van der Waals surface area contributed by atoms with Crippen LogP contribution in [0.15, 0.2) is 0 Å². The van der Waals surface area contributed by atoms with E-state index in [1.165, 1.54) is 0 Å². The van der Waals surface area contributed by atoms with Crippen LogP contribution in [0.2, 0.25) is 0 Å². The number of aryl methyl sites for hydroxylation is 2. The van der Waals surface area contributed by atoms with Crippen LogP contribution in [0.25, 0.3) is 0 Å². The van der Waals surface area contributed by atoms with Gasteiger partial charge in [-0.3, -0.25) is 14.4 Å². The molecule has 0 bridgehead atoms. The number of amides is 1. The molecule has 1 aromatic heterocycles. The number of anilines is 1. The Bertz CT molecular complexity index is 510. The van der Waals surface area contributed by atoms with Crippen molar-refractivity contribution in [1.82, 2.24) is 14.7 Å². The van der Waals surface area contributed by atoms with E-state index in [0.29, 0.717) is 25.0 Å². The molecule has 2 heterocycles. The molecule has 0 aliphatic carbocycles. The normalized spacial score (nSPS) is 23.3. The van der Waals surface area contributed by atoms with Gasteiger partial charge in [-0.25, -0.2) is 0 Å². The fraction of sp³-hybridized carbons (Fsp3) is 0.733. The number of nitrogens with one attached hydrogen (secondary N) is 1. The summed E-state index contributed by atoms with van der Waals surface area (Å²) >= 11 is 0. The van der Waals surface area contributed by atoms with E-state index >= 15 is 0 Å². The van der Waals surface area contributed by atoms with Crippen molar-refractivity contribution >= 4 is 11.6 Å². The highest BCUT2D eigenvalue weighted by atomic mass is 16.2. The molecule has 6 heteroatoms. The third kappa shape index (κ3) is 3.63. The molecular weight excluding hydrogens is 266 g/mol. The molecule has 1 fully saturated rings. The van der Waals surface area contributed by atoms with Crippen LogP contribution in [0.5, 0.6) is 0 Å². The first-order valence-corrected chi connectivity index (χ1v) is 7.66. The summed E-state index contributed by atoms with van der Waals surface area (Å²) < 4.78 is 1.79. The summed E-state index contributed by atoms with van der Waals surface area (Å²) in [5.74, 6) is 0.711. The molecular formula is C15H27N5O. The fourth-order valence-corrected chi connectivity index (χ4v) is 3.07. The Morgan fingerprint density at radius 2 is 2.19 bits per heavy atom. The highest BCUT2D eigenvalue weighted by Crippen LogP contribution is 2.22. The molecule has 6 nitrogen and oxygen atoms in total. The van der Waals surface area contributed by atoms with Crippen LogP contribution in [0.3, 0.4) is 0 Å². The summed E-state index contributed by atoms with van der Waals surface area (Å²) in [7, 11) is 1.88. The lowest BCUT2D eigenvalue weighted by Gasteiger charge is -2.37. The number of carbonyl (C=O) groups is 1. The maximum absolute atomic E-state index is 12.3. The van der Waals surface area contributed by atoms with Crippen molar-refractivity contribution in [3.63, 3.8) is 0 Å². The molecule has 2 rings (SSSR count). The Morgan fingerprint density at radius 1 is 1.48 bits per heavy atom. The van der Waals surface area contributed by atoms with E-state index in [1.807, 2.05) is 20.9 Å². The molecule has 1 aromatic rings. The Hall–Kier alpha value is -1.40. The smallest absolute Gasteiger partial charge is 0.238 e. The minimum atomic E-state index is 0.0159. The number of aromatic nitrogens is 2. The highest BCUT2D eigenvalue weighted by Gasteiger charge is 2.27. The highest BCUT2D eigenvalue weighted by molar-refractivity contribution is 5.93. The van der Waals surface area contributed by atoms with Crippen LogP contribution in [0.4, 0.5) is 5.69 Å². The van der Waals surface area contributed by atoms with Crippen LogP contribution in [-0.4, -0.2) is 46.3 Å². The topological polar surface area (TPSA) is 76.2 Å². The minimum Gasteiger partial charge on any atom is -0.329 e. The fourth-order valence-electron chi connectivity index (χ4n) is 3.07. The van der Waals surface area contributed by atoms with Crippen molar-refractivity contribution in [1.29, 1.82) is 0 Å². The Labute approximate surface area is 126 Å². The largest absolute Gasteiger partial charge is 0.329 e. The average molecular weight is 293 g/mol. The molecule has 0 saturated carbocycles. The third-order valence-electron chi connectivity index (χ3n) is 4.49. The molecule has 0 radical (unpaired) electrons. The number of carbonyl (C=O) groups excluding carboxylic acids is 1. The maximum Gasteiger partial charge on any atom is 0.238 e. The molecule has 1 aliphatic heterocycles. The Balaban J connectivity index is 1.98. The van der Waals surface area contributed by atoms with E-state index in [9.17, 15) is 4.79 Å². The maximum atomic E-state index is 12.3. The van der Waals surface area contributed by atoms with Gasteiger partial charge in [0.2, 0.25) is 5.91 Å². The second kappa shape index (κ2) is 6.58. The lowest BCUT2D eigenvalue weighted by atomic mass is 9.92. The van der Waals surface area contributed by atoms with E-state index in [-0.39, 0.29) is 5.91 Å². The number of nitrogens with two attached hydrogens (primary N) is 1. The number of hydrogen-bond donors (Lipinski definition) is 2. The molecule has 0 spiro atoms. The van der Waals surface area contributed by atoms with Gasteiger partial charge in [0.1, 0.15) is 0 Å². The third-order valence-corrected chi connectivity index (χ3v) is 4.49. The van der Waals surface area contributed by atoms with Gasteiger partial charge < -0.3 is 11.1 Å². The summed E-state index contributed by atoms with van der Waals surface area (Å²) in [5.41, 5.74) is 8.51. The van der Waals surface area contributed by atoms with E-state index in [4.69, 9.17) is 5.73 Å². The first-order chi connectivity index (χ1) is 9.92. The lowest BCUT2D eigenvalue weighted by molar-refractivity contribution is -0.118. The predicted octanol–water partition coefficient (Wildman–Crippen LogP) is 1.03. The van der Waals surface area contributed by atoms with Crippen LogP contribution < -0.4 is 11.1 Å². The number of rotatable bonds is 4. The number of piperidine rings is 1. The van der Waals surface area contributed by atoms with Crippen molar-refractivity contribution in [3.05, 3.63) is 11.4 Å². The SMILES string of the molecule is Cc1nn(C)c(C)c1NC(=O)CN1CCC(C)CC1CN. The Morgan fingerprint density at radius 3 is 2.76 bits per heavy atom. The van der Waals surface area contributed by atoms with Crippen molar-refractivity contribution in [2.45, 2.75) is 39.7 Å². The quantitative estimate of drug-likeness (QED) is 0.869. The van der Waals surface area contributed by atoms with Gasteiger partial charge in [-0.15, -0.1) is 0 Å². The van der Waals surface area contributed by atoms with Gasteiger partial charge in [0.15, 0.2) is 0 Å². The summed E-state index contributed by atoms with van der Waals surface area (Å²) in [5, 5.41) is 7.32. The van der Waals surface area contributed by atoms with Gasteiger partial charge in [-0.1, -0.05) is 6.92 Å². The summed E-state index contributed by atoms with van der Waals surface area (Å²) in [6, 6.07) is 0.315. The van der Waals surface area contributed by atoms with Crippen molar-refractivity contribution in [2.24, 2.45) is 18.7 Å². The zero-order valence-corrected chi connectivity index (χ0v) is 13.5. The summed E-state index contributed by atoms with van der Waals surface area (Å²) in [4.78, 5) is 14.5. The number of nitrogens with zero attached hydrogens (tertiary/aromatic N) is 3. The van der Waals surface area contributed by atoms with E-state index < -0.39 is 0 Å². The van der Waals surface area contributed by atoms with Crippen molar-refractivity contribution in [2.75, 3.05) is 25.0 Å². The van der Waals surface area contributed by atoms with E-state index in [0.717, 1.165) is 36.5 Å². The number of likely N-dealkylation sites (tertiary alicyclic amines) is 1. The molecule has 0 aromatic carbocycles. The number of hydrogen-bond acceptors (Lipinski definition) is 4. The van der Waals surface area contributed by atoms with Gasteiger partial charge in [0.25, 0.3) is 0 Å². The average Bonchev–Trinajstić information content (AvgIpc) is 2.67. The summed E-state index contributed by atoms with van der Waals surface area (Å²) in [6.07, 6.45) is 2.21. The van der Waals surface area contributed by atoms with Crippen molar-refractivity contribution in [3.8, 4) is 0 Å². The predicted molar refractivity (Wildman–Crippen MR) is 84.1 cm³/mol. The molecule has 3 N–H and O–H groups in total. The van der Waals surface area contributed by atoms with Crippen LogP contribution >= 0.6 is 0 Å². The second-order valence-corrected chi connectivity index (χ2v) is 6.21. The zero-order chi connectivity index (χ0) is 15.6. The van der Waals surface area contributed by atoms with Gasteiger partial charge >= 0.3 is 0 Å². The first kappa shape index (κ1) is 16.0. The standard InChI is InChI=1S/C15H27N5O/c1-10-5-6-20(13(7-10)8-16)9-14(21)17-15-11(2)18-19(4)12(15)3/h10,13H,5-9,16H2,1-4H3,(H,17,21). The van der Waals surface area contributed by atoms with Gasteiger partial charge in [0.05, 0.1) is 23.6 Å². The first-order valence-electron chi connectivity index (χ1n) is 7.66. The summed E-state index contributed by atoms with van der Waals surface area (Å²) in [6.45, 7) is 8.09. The molecule has 2 unspecified atom stereocenters. The zero-order valence-electron chi connectivity index (χ0n) is 13.5. The second-order valence-electron chi connectivity index (χ2n) is 6.21. The molecule has 2 atom stereocenters. The van der Waals surface area contributed by atoms with E-state index in [1.54, 1.807) is 4.68 Å². The van der Waals surface area contributed by atoms with Crippen LogP contribution in [-0.2, 0) is 11.8 Å². The van der Waals surface area contributed by atoms with Gasteiger partial charge in [-0.05, 0) is 39.2 Å². The molecule has 21 heavy (non-hydrogen) atoms. The van der Waals surface area contributed by atoms with E-state index in [2.05, 4.69) is 22.2 Å².